The monoisotopic (exact) mass is 552 g/mol. The van der Waals surface area contributed by atoms with Crippen molar-refractivity contribution in [3.8, 4) is 0 Å². The van der Waals surface area contributed by atoms with Crippen LogP contribution in [0, 0.1) is 0 Å². The van der Waals surface area contributed by atoms with E-state index in [1.54, 1.807) is 0 Å². The zero-order valence-electron chi connectivity index (χ0n) is 18.5. The molecule has 0 saturated carbocycles. The summed E-state index contributed by atoms with van der Waals surface area (Å²) >= 11 is 15.3. The molecular formula is C28H26Cl2NiP2. The number of rotatable bonds is 7. The Bertz CT molecular complexity index is 950. The smallest absolute Gasteiger partial charge is 0.0928 e. The van der Waals surface area contributed by atoms with Crippen molar-refractivity contribution in [1.82, 2.24) is 0 Å². The fraction of sp³-hybridized carbons (Fsp3) is 0.143. The van der Waals surface area contributed by atoms with Crippen molar-refractivity contribution in [3.63, 3.8) is 0 Å². The first-order valence-corrected chi connectivity index (χ1v) is 14.1. The maximum atomic E-state index is 7.67. The number of hydrogen-bond acceptors (Lipinski definition) is 0. The third-order valence-corrected chi connectivity index (χ3v) is 13.9. The number of alkyl halides is 2. The molecule has 0 nitrogen and oxygen atoms in total. The summed E-state index contributed by atoms with van der Waals surface area (Å²) in [6.07, 6.45) is 0. The molecule has 33 heavy (non-hydrogen) atoms. The Morgan fingerprint density at radius 1 is 0.424 bits per heavy atom. The first-order valence-electron chi connectivity index (χ1n) is 10.6. The van der Waals surface area contributed by atoms with Gasteiger partial charge in [-0.25, -0.2) is 0 Å². The van der Waals surface area contributed by atoms with Crippen LogP contribution in [-0.2, 0) is 16.5 Å². The summed E-state index contributed by atoms with van der Waals surface area (Å²) in [5.41, 5.74) is 0. The molecule has 0 aromatic heterocycles. The van der Waals surface area contributed by atoms with E-state index in [4.69, 9.17) is 23.2 Å². The van der Waals surface area contributed by atoms with Crippen LogP contribution in [0.2, 0.25) is 0 Å². The van der Waals surface area contributed by atoms with E-state index in [-0.39, 0.29) is 16.5 Å². The minimum absolute atomic E-state index is 0. The van der Waals surface area contributed by atoms with E-state index in [0.29, 0.717) is 0 Å². The van der Waals surface area contributed by atoms with E-state index in [1.807, 2.05) is 24.3 Å². The van der Waals surface area contributed by atoms with Gasteiger partial charge in [-0.15, -0.1) is 23.2 Å². The Morgan fingerprint density at radius 3 is 0.788 bits per heavy atom. The molecule has 0 radical (unpaired) electrons. The van der Waals surface area contributed by atoms with Crippen LogP contribution in [0.1, 0.15) is 13.8 Å². The van der Waals surface area contributed by atoms with Crippen LogP contribution in [0.25, 0.3) is 0 Å². The van der Waals surface area contributed by atoms with E-state index in [9.17, 15) is 0 Å². The molecule has 0 spiro atoms. The Balaban J connectivity index is 0.00000306. The van der Waals surface area contributed by atoms with Gasteiger partial charge in [-0.2, -0.15) is 0 Å². The molecule has 4 aromatic carbocycles. The molecule has 2 unspecified atom stereocenters. The molecule has 2 atom stereocenters. The van der Waals surface area contributed by atoms with Crippen LogP contribution in [-0.4, -0.2) is 9.23 Å². The largest absolute Gasteiger partial charge is 0.111 e. The minimum atomic E-state index is -0.946. The molecule has 0 N–H and O–H groups in total. The molecule has 0 bridgehead atoms. The standard InChI is InChI=1S/C28H26Cl2P2.Ni/c1-27(29,31(23-15-7-3-8-16-23)24-17-9-4-10-18-24)28(2,30)32(25-19-11-5-12-20-25)26-21-13-6-14-22-26;/h3-22H,1-2H3;. The van der Waals surface area contributed by atoms with Crippen molar-refractivity contribution in [2.75, 3.05) is 0 Å². The molecule has 0 heterocycles. The number of benzene rings is 4. The van der Waals surface area contributed by atoms with Crippen molar-refractivity contribution in [1.29, 1.82) is 0 Å². The van der Waals surface area contributed by atoms with Gasteiger partial charge < -0.3 is 0 Å². The molecule has 0 amide bonds. The Hall–Kier alpha value is -1.19. The Kier molecular flexibility index (Phi) is 9.20. The molecule has 4 aromatic rings. The van der Waals surface area contributed by atoms with Gasteiger partial charge in [0.25, 0.3) is 0 Å². The van der Waals surface area contributed by atoms with Crippen molar-refractivity contribution >= 4 is 60.3 Å². The summed E-state index contributed by atoms with van der Waals surface area (Å²) in [7, 11) is -1.89. The topological polar surface area (TPSA) is 0 Å². The predicted octanol–water partition coefficient (Wildman–Crippen LogP) is 7.16. The fourth-order valence-corrected chi connectivity index (χ4v) is 11.5. The van der Waals surface area contributed by atoms with Gasteiger partial charge in [0.15, 0.2) is 0 Å². The second-order valence-corrected chi connectivity index (χ2v) is 15.2. The van der Waals surface area contributed by atoms with E-state index in [1.165, 1.54) is 21.2 Å². The van der Waals surface area contributed by atoms with E-state index in [0.717, 1.165) is 0 Å². The third kappa shape index (κ3) is 5.56. The van der Waals surface area contributed by atoms with Crippen LogP contribution in [0.3, 0.4) is 0 Å². The summed E-state index contributed by atoms with van der Waals surface area (Å²) in [5, 5.41) is 4.92. The second-order valence-electron chi connectivity index (χ2n) is 7.92. The normalized spacial score (nSPS) is 14.8. The van der Waals surface area contributed by atoms with Crippen molar-refractivity contribution in [2.45, 2.75) is 23.1 Å². The van der Waals surface area contributed by atoms with Gasteiger partial charge in [-0.05, 0) is 50.9 Å². The number of halogens is 2. The Labute approximate surface area is 220 Å². The minimum Gasteiger partial charge on any atom is -0.111 e. The molecule has 172 valence electrons. The zero-order chi connectivity index (χ0) is 22.6. The van der Waals surface area contributed by atoms with Crippen LogP contribution >= 0.6 is 39.0 Å². The SMILES string of the molecule is CC(Cl)(P(c1ccccc1)c1ccccc1)C(C)(Cl)P(c1ccccc1)c1ccccc1.[Ni]. The molecule has 4 rings (SSSR count). The predicted molar refractivity (Wildman–Crippen MR) is 147 cm³/mol. The molecule has 0 saturated heterocycles. The van der Waals surface area contributed by atoms with Crippen LogP contribution in [0.15, 0.2) is 121 Å². The van der Waals surface area contributed by atoms with Gasteiger partial charge in [0, 0.05) is 16.5 Å². The summed E-state index contributed by atoms with van der Waals surface area (Å²) < 4.78 is -1.44. The third-order valence-electron chi connectivity index (χ3n) is 5.73. The summed E-state index contributed by atoms with van der Waals surface area (Å²) in [6, 6.07) is 42.3. The van der Waals surface area contributed by atoms with Crippen molar-refractivity contribution in [2.24, 2.45) is 0 Å². The molecule has 0 aliphatic rings. The van der Waals surface area contributed by atoms with Gasteiger partial charge in [0.2, 0.25) is 0 Å². The fourth-order valence-electron chi connectivity index (χ4n) is 3.98. The zero-order valence-corrected chi connectivity index (χ0v) is 22.8. The van der Waals surface area contributed by atoms with Crippen LogP contribution < -0.4 is 21.2 Å². The maximum Gasteiger partial charge on any atom is 0.0928 e. The van der Waals surface area contributed by atoms with Crippen LogP contribution in [0.5, 0.6) is 0 Å². The molecule has 0 fully saturated rings. The summed E-state index contributed by atoms with van der Waals surface area (Å²) in [6.45, 7) is 4.27. The molecule has 0 aliphatic heterocycles. The average Bonchev–Trinajstić information content (AvgIpc) is 2.82. The first-order chi connectivity index (χ1) is 15.4. The molecule has 0 aliphatic carbocycles. The van der Waals surface area contributed by atoms with E-state index < -0.39 is 25.1 Å². The van der Waals surface area contributed by atoms with Crippen molar-refractivity contribution < 1.29 is 16.5 Å². The molecular weight excluding hydrogens is 528 g/mol. The van der Waals surface area contributed by atoms with E-state index >= 15 is 0 Å². The number of hydrogen-bond donors (Lipinski definition) is 0. The van der Waals surface area contributed by atoms with Gasteiger partial charge in [0.05, 0.1) is 9.23 Å². The summed E-state index contributed by atoms with van der Waals surface area (Å²) in [5.74, 6) is 0. The van der Waals surface area contributed by atoms with Crippen LogP contribution in [0.4, 0.5) is 0 Å². The summed E-state index contributed by atoms with van der Waals surface area (Å²) in [4.78, 5) is 0. The van der Waals surface area contributed by atoms with Gasteiger partial charge in [-0.1, -0.05) is 121 Å². The first kappa shape index (κ1) is 26.4. The van der Waals surface area contributed by atoms with Crippen molar-refractivity contribution in [3.05, 3.63) is 121 Å². The van der Waals surface area contributed by atoms with E-state index in [2.05, 4.69) is 111 Å². The van der Waals surface area contributed by atoms with Gasteiger partial charge >= 0.3 is 0 Å². The maximum absolute atomic E-state index is 7.67. The Morgan fingerprint density at radius 2 is 0.606 bits per heavy atom. The second kappa shape index (κ2) is 11.5. The quantitative estimate of drug-likeness (QED) is 0.129. The van der Waals surface area contributed by atoms with Gasteiger partial charge in [-0.3, -0.25) is 0 Å². The van der Waals surface area contributed by atoms with Gasteiger partial charge in [0.1, 0.15) is 0 Å². The molecule has 5 heteroatoms. The average molecular weight is 554 g/mol.